The number of thiazole rings is 1. The van der Waals surface area contributed by atoms with Gasteiger partial charge < -0.3 is 10.2 Å². The topological polar surface area (TPSA) is 82.6 Å². The Morgan fingerprint density at radius 1 is 1.23 bits per heavy atom. The minimum atomic E-state index is -0.725. The normalized spacial score (nSPS) is 17.1. The predicted octanol–water partition coefficient (Wildman–Crippen LogP) is 1.75. The number of carbonyl (C=O) groups is 3. The molecule has 3 rings (SSSR count). The molecule has 2 aromatic rings. The van der Waals surface area contributed by atoms with E-state index in [0.717, 1.165) is 21.2 Å². The highest BCUT2D eigenvalue weighted by atomic mass is 32.1. The molecule has 1 aliphatic rings. The van der Waals surface area contributed by atoms with Gasteiger partial charge in [-0.1, -0.05) is 30.3 Å². The van der Waals surface area contributed by atoms with Crippen molar-refractivity contribution in [3.05, 3.63) is 40.7 Å². The highest BCUT2D eigenvalue weighted by molar-refractivity contribution is 7.09. The maximum absolute atomic E-state index is 12.1. The third-order valence-corrected chi connectivity index (χ3v) is 5.24. The van der Waals surface area contributed by atoms with E-state index in [1.165, 1.54) is 19.0 Å². The van der Waals surface area contributed by atoms with E-state index in [2.05, 4.69) is 10.3 Å². The molecule has 1 aromatic heterocycles. The second kappa shape index (κ2) is 7.65. The summed E-state index contributed by atoms with van der Waals surface area (Å²) in [7, 11) is 2.95. The minimum Gasteiger partial charge on any atom is -0.356 e. The van der Waals surface area contributed by atoms with Crippen LogP contribution in [0.1, 0.15) is 11.4 Å². The lowest BCUT2D eigenvalue weighted by atomic mass is 10.2. The van der Waals surface area contributed by atoms with Gasteiger partial charge in [-0.2, -0.15) is 0 Å². The highest BCUT2D eigenvalue weighted by Gasteiger charge is 2.41. The Balaban J connectivity index is 1.48. The smallest absolute Gasteiger partial charge is 0.326 e. The van der Waals surface area contributed by atoms with E-state index < -0.39 is 6.04 Å². The summed E-state index contributed by atoms with van der Waals surface area (Å²) in [6.07, 6.45) is 0.592. The summed E-state index contributed by atoms with van der Waals surface area (Å²) >= 11 is 1.55. The zero-order valence-electron chi connectivity index (χ0n) is 14.6. The molecule has 0 spiro atoms. The first-order valence-electron chi connectivity index (χ1n) is 8.28. The maximum atomic E-state index is 12.1. The summed E-state index contributed by atoms with van der Waals surface area (Å²) < 4.78 is 0. The zero-order valence-corrected chi connectivity index (χ0v) is 15.5. The van der Waals surface area contributed by atoms with E-state index in [-0.39, 0.29) is 24.3 Å². The first-order chi connectivity index (χ1) is 12.5. The SMILES string of the molecule is CN1C(=O)[C@@H](CC(=O)NCCc2nc(-c3ccccc3)cs2)N(C)C1=O. The Hall–Kier alpha value is -2.74. The number of amides is 4. The fourth-order valence-corrected chi connectivity index (χ4v) is 3.61. The monoisotopic (exact) mass is 372 g/mol. The van der Waals surface area contributed by atoms with Gasteiger partial charge in [-0.15, -0.1) is 11.3 Å². The van der Waals surface area contributed by atoms with Gasteiger partial charge in [-0.25, -0.2) is 9.78 Å². The van der Waals surface area contributed by atoms with Gasteiger partial charge in [0.15, 0.2) is 0 Å². The number of hydrogen-bond donors (Lipinski definition) is 1. The van der Waals surface area contributed by atoms with Crippen LogP contribution in [0.2, 0.25) is 0 Å². The molecule has 8 heteroatoms. The van der Waals surface area contributed by atoms with Crippen LogP contribution < -0.4 is 5.32 Å². The number of urea groups is 1. The van der Waals surface area contributed by atoms with Crippen LogP contribution in [0.4, 0.5) is 4.79 Å². The average molecular weight is 372 g/mol. The van der Waals surface area contributed by atoms with Crippen LogP contribution in [-0.2, 0) is 16.0 Å². The van der Waals surface area contributed by atoms with Gasteiger partial charge >= 0.3 is 6.03 Å². The average Bonchev–Trinajstić information content (AvgIpc) is 3.19. The first kappa shape index (κ1) is 18.1. The van der Waals surface area contributed by atoms with Gasteiger partial charge in [0.2, 0.25) is 5.91 Å². The van der Waals surface area contributed by atoms with Crippen LogP contribution in [0, 0.1) is 0 Å². The Labute approximate surface area is 155 Å². The van der Waals surface area contributed by atoms with Gasteiger partial charge in [0.05, 0.1) is 17.1 Å². The molecule has 1 N–H and O–H groups in total. The quantitative estimate of drug-likeness (QED) is 0.783. The fourth-order valence-electron chi connectivity index (χ4n) is 2.80. The Morgan fingerprint density at radius 2 is 1.96 bits per heavy atom. The van der Waals surface area contributed by atoms with Crippen LogP contribution in [0.25, 0.3) is 11.3 Å². The number of rotatable bonds is 6. The van der Waals surface area contributed by atoms with Crippen molar-refractivity contribution in [3.8, 4) is 11.3 Å². The van der Waals surface area contributed by atoms with Crippen molar-refractivity contribution < 1.29 is 14.4 Å². The Bertz CT molecular complexity index is 821. The van der Waals surface area contributed by atoms with E-state index in [1.54, 1.807) is 11.3 Å². The number of aromatic nitrogens is 1. The predicted molar refractivity (Wildman–Crippen MR) is 98.6 cm³/mol. The van der Waals surface area contributed by atoms with Gasteiger partial charge in [0.25, 0.3) is 5.91 Å². The second-order valence-electron chi connectivity index (χ2n) is 6.10. The van der Waals surface area contributed by atoms with E-state index in [4.69, 9.17) is 0 Å². The lowest BCUT2D eigenvalue weighted by Gasteiger charge is -2.15. The van der Waals surface area contributed by atoms with E-state index in [9.17, 15) is 14.4 Å². The molecule has 4 amide bonds. The zero-order chi connectivity index (χ0) is 18.7. The van der Waals surface area contributed by atoms with Crippen molar-refractivity contribution in [2.75, 3.05) is 20.6 Å². The molecule has 1 atom stereocenters. The molecule has 26 heavy (non-hydrogen) atoms. The molecule has 1 fully saturated rings. The number of imide groups is 1. The second-order valence-corrected chi connectivity index (χ2v) is 7.05. The third-order valence-electron chi connectivity index (χ3n) is 4.33. The largest absolute Gasteiger partial charge is 0.356 e. The number of nitrogens with zero attached hydrogens (tertiary/aromatic N) is 3. The summed E-state index contributed by atoms with van der Waals surface area (Å²) in [5, 5.41) is 5.74. The molecule has 136 valence electrons. The van der Waals surface area contributed by atoms with Gasteiger partial charge in [-0.3, -0.25) is 14.5 Å². The third kappa shape index (κ3) is 3.75. The van der Waals surface area contributed by atoms with Crippen molar-refractivity contribution >= 4 is 29.2 Å². The van der Waals surface area contributed by atoms with Crippen LogP contribution in [0.3, 0.4) is 0 Å². The van der Waals surface area contributed by atoms with Gasteiger partial charge in [0.1, 0.15) is 6.04 Å². The van der Waals surface area contributed by atoms with E-state index >= 15 is 0 Å². The Morgan fingerprint density at radius 3 is 2.62 bits per heavy atom. The first-order valence-corrected chi connectivity index (χ1v) is 9.16. The summed E-state index contributed by atoms with van der Waals surface area (Å²) in [6.45, 7) is 0.439. The van der Waals surface area contributed by atoms with E-state index in [1.807, 2.05) is 35.7 Å². The standard InChI is InChI=1S/C18H20N4O3S/c1-21-14(17(24)22(2)18(21)25)10-15(23)19-9-8-16-20-13(11-26-16)12-6-4-3-5-7-12/h3-7,11,14H,8-10H2,1-2H3,(H,19,23)/t14-/m1/s1. The molecule has 0 aliphatic carbocycles. The lowest BCUT2D eigenvalue weighted by molar-refractivity contribution is -0.131. The summed E-state index contributed by atoms with van der Waals surface area (Å²) in [5.41, 5.74) is 1.99. The van der Waals surface area contributed by atoms with Crippen LogP contribution in [0.15, 0.2) is 35.7 Å². The maximum Gasteiger partial charge on any atom is 0.326 e. The van der Waals surface area contributed by atoms with Crippen molar-refractivity contribution in [1.29, 1.82) is 0 Å². The number of benzene rings is 1. The van der Waals surface area contributed by atoms with Crippen LogP contribution in [-0.4, -0.2) is 59.3 Å². The van der Waals surface area contributed by atoms with Crippen molar-refractivity contribution in [3.63, 3.8) is 0 Å². The van der Waals surface area contributed by atoms with Gasteiger partial charge in [0, 0.05) is 38.0 Å². The molecular weight excluding hydrogens is 352 g/mol. The van der Waals surface area contributed by atoms with E-state index in [0.29, 0.717) is 13.0 Å². The summed E-state index contributed by atoms with van der Waals surface area (Å²) in [6, 6.07) is 8.81. The molecule has 0 saturated carbocycles. The lowest BCUT2D eigenvalue weighted by Crippen LogP contribution is -2.37. The molecule has 1 aliphatic heterocycles. The molecular formula is C18H20N4O3S. The van der Waals surface area contributed by atoms with Gasteiger partial charge in [-0.05, 0) is 0 Å². The van der Waals surface area contributed by atoms with Crippen LogP contribution >= 0.6 is 11.3 Å². The molecule has 2 heterocycles. The molecule has 0 unspecified atom stereocenters. The highest BCUT2D eigenvalue weighted by Crippen LogP contribution is 2.21. The number of carbonyl (C=O) groups excluding carboxylic acids is 3. The fraction of sp³-hybridized carbons (Fsp3) is 0.333. The molecule has 0 radical (unpaired) electrons. The molecule has 0 bridgehead atoms. The van der Waals surface area contributed by atoms with Crippen LogP contribution in [0.5, 0.6) is 0 Å². The Kier molecular flexibility index (Phi) is 5.32. The minimum absolute atomic E-state index is 0.0292. The number of likely N-dealkylation sites (N-methyl/N-ethyl adjacent to an activating group) is 2. The van der Waals surface area contributed by atoms with Crippen molar-refractivity contribution in [2.45, 2.75) is 18.9 Å². The molecule has 7 nitrogen and oxygen atoms in total. The number of nitrogens with one attached hydrogen (secondary N) is 1. The van der Waals surface area contributed by atoms with Crippen molar-refractivity contribution in [1.82, 2.24) is 20.1 Å². The number of hydrogen-bond acceptors (Lipinski definition) is 5. The summed E-state index contributed by atoms with van der Waals surface area (Å²) in [4.78, 5) is 42.7. The molecule has 1 saturated heterocycles. The molecule has 1 aromatic carbocycles. The van der Waals surface area contributed by atoms with Crippen molar-refractivity contribution in [2.24, 2.45) is 0 Å². The summed E-state index contributed by atoms with van der Waals surface area (Å²) in [5.74, 6) is -0.599.